The highest BCUT2D eigenvalue weighted by Gasteiger charge is 2.17. The van der Waals surface area contributed by atoms with Gasteiger partial charge in [0.15, 0.2) is 0 Å². The molecule has 3 rings (SSSR count). The molecule has 0 aliphatic carbocycles. The molecular formula is C24H30N2O2. The fourth-order valence-electron chi connectivity index (χ4n) is 3.62. The molecule has 1 saturated heterocycles. The second kappa shape index (κ2) is 9.45. The summed E-state index contributed by atoms with van der Waals surface area (Å²) in [5, 5.41) is 3.07. The van der Waals surface area contributed by atoms with Gasteiger partial charge in [0, 0.05) is 24.3 Å². The van der Waals surface area contributed by atoms with Crippen molar-refractivity contribution in [3.05, 3.63) is 72.3 Å². The summed E-state index contributed by atoms with van der Waals surface area (Å²) < 4.78 is 5.45. The number of rotatable bonds is 7. The fourth-order valence-corrected chi connectivity index (χ4v) is 3.62. The van der Waals surface area contributed by atoms with Crippen molar-refractivity contribution in [2.45, 2.75) is 32.7 Å². The van der Waals surface area contributed by atoms with Gasteiger partial charge in [0.25, 0.3) is 5.91 Å². The summed E-state index contributed by atoms with van der Waals surface area (Å²) in [7, 11) is 0. The second-order valence-electron chi connectivity index (χ2n) is 7.60. The maximum Gasteiger partial charge on any atom is 0.251 e. The largest absolute Gasteiger partial charge is 0.490 e. The van der Waals surface area contributed by atoms with Crippen LogP contribution in [0.3, 0.4) is 0 Å². The van der Waals surface area contributed by atoms with E-state index in [0.29, 0.717) is 12.2 Å². The molecule has 2 aromatic carbocycles. The van der Waals surface area contributed by atoms with Gasteiger partial charge >= 0.3 is 0 Å². The number of nitrogens with one attached hydrogen (secondary N) is 1. The number of anilines is 1. The molecule has 0 unspecified atom stereocenters. The molecule has 2 aromatic rings. The van der Waals surface area contributed by atoms with Crippen LogP contribution in [0.4, 0.5) is 5.69 Å². The molecule has 4 nitrogen and oxygen atoms in total. The van der Waals surface area contributed by atoms with E-state index in [4.69, 9.17) is 4.74 Å². The lowest BCUT2D eigenvalue weighted by Gasteiger charge is -2.33. The number of carbonyl (C=O) groups excluding carboxylic acids is 1. The zero-order valence-electron chi connectivity index (χ0n) is 16.9. The molecule has 4 heteroatoms. The maximum absolute atomic E-state index is 12.5. The maximum atomic E-state index is 12.5. The second-order valence-corrected chi connectivity index (χ2v) is 7.60. The summed E-state index contributed by atoms with van der Waals surface area (Å²) in [4.78, 5) is 15.0. The SMILES string of the molecule is C=CCOc1ccc(C(=O)N[C@H](C)c2ccc(N3CCC[C@@H](C)C3)cc2)cc1. The topological polar surface area (TPSA) is 41.6 Å². The number of piperidine rings is 1. The zero-order valence-corrected chi connectivity index (χ0v) is 16.9. The molecule has 1 N–H and O–H groups in total. The van der Waals surface area contributed by atoms with Gasteiger partial charge < -0.3 is 15.0 Å². The van der Waals surface area contributed by atoms with Crippen molar-refractivity contribution in [1.29, 1.82) is 0 Å². The smallest absolute Gasteiger partial charge is 0.251 e. The van der Waals surface area contributed by atoms with Crippen LogP contribution in [0.5, 0.6) is 5.75 Å². The van der Waals surface area contributed by atoms with Crippen LogP contribution in [0.1, 0.15) is 48.7 Å². The lowest BCUT2D eigenvalue weighted by atomic mass is 9.99. The number of hydrogen-bond acceptors (Lipinski definition) is 3. The van der Waals surface area contributed by atoms with Crippen molar-refractivity contribution < 1.29 is 9.53 Å². The van der Waals surface area contributed by atoms with Gasteiger partial charge in [-0.25, -0.2) is 0 Å². The van der Waals surface area contributed by atoms with Crippen LogP contribution in [0.15, 0.2) is 61.2 Å². The Morgan fingerprint density at radius 1 is 1.25 bits per heavy atom. The Morgan fingerprint density at radius 3 is 2.61 bits per heavy atom. The molecule has 1 amide bonds. The summed E-state index contributed by atoms with van der Waals surface area (Å²) in [6.45, 7) is 10.7. The molecule has 0 saturated carbocycles. The van der Waals surface area contributed by atoms with E-state index in [1.165, 1.54) is 18.5 Å². The van der Waals surface area contributed by atoms with Crippen LogP contribution < -0.4 is 15.0 Å². The predicted octanol–water partition coefficient (Wildman–Crippen LogP) is 4.98. The van der Waals surface area contributed by atoms with E-state index in [-0.39, 0.29) is 11.9 Å². The molecule has 148 valence electrons. The Balaban J connectivity index is 1.58. The Morgan fingerprint density at radius 2 is 1.96 bits per heavy atom. The van der Waals surface area contributed by atoms with Crippen LogP contribution in [0.2, 0.25) is 0 Å². The third-order valence-electron chi connectivity index (χ3n) is 5.25. The molecule has 0 spiro atoms. The highest BCUT2D eigenvalue weighted by molar-refractivity contribution is 5.94. The van der Waals surface area contributed by atoms with E-state index in [1.54, 1.807) is 30.3 Å². The van der Waals surface area contributed by atoms with Gasteiger partial charge in [0.1, 0.15) is 12.4 Å². The molecule has 1 aliphatic heterocycles. The first-order chi connectivity index (χ1) is 13.6. The minimum absolute atomic E-state index is 0.0569. The zero-order chi connectivity index (χ0) is 19.9. The van der Waals surface area contributed by atoms with Crippen molar-refractivity contribution in [1.82, 2.24) is 5.32 Å². The van der Waals surface area contributed by atoms with E-state index in [2.05, 4.69) is 48.0 Å². The van der Waals surface area contributed by atoms with E-state index >= 15 is 0 Å². The summed E-state index contributed by atoms with van der Waals surface area (Å²) >= 11 is 0. The third-order valence-corrected chi connectivity index (χ3v) is 5.25. The van der Waals surface area contributed by atoms with E-state index in [9.17, 15) is 4.79 Å². The number of amides is 1. The van der Waals surface area contributed by atoms with Crippen molar-refractivity contribution >= 4 is 11.6 Å². The number of nitrogens with zero attached hydrogens (tertiary/aromatic N) is 1. The minimum Gasteiger partial charge on any atom is -0.490 e. The van der Waals surface area contributed by atoms with Crippen molar-refractivity contribution in [2.24, 2.45) is 5.92 Å². The molecule has 1 fully saturated rings. The van der Waals surface area contributed by atoms with Crippen LogP contribution >= 0.6 is 0 Å². The lowest BCUT2D eigenvalue weighted by molar-refractivity contribution is 0.0940. The highest BCUT2D eigenvalue weighted by Crippen LogP contribution is 2.25. The number of ether oxygens (including phenoxy) is 1. The quantitative estimate of drug-likeness (QED) is 0.691. The van der Waals surface area contributed by atoms with Gasteiger partial charge in [-0.3, -0.25) is 4.79 Å². The number of carbonyl (C=O) groups is 1. The van der Waals surface area contributed by atoms with Crippen molar-refractivity contribution in [2.75, 3.05) is 24.6 Å². The Kier molecular flexibility index (Phi) is 6.75. The summed E-state index contributed by atoms with van der Waals surface area (Å²) in [6, 6.07) is 15.7. The van der Waals surface area contributed by atoms with Gasteiger partial charge in [0.05, 0.1) is 6.04 Å². The van der Waals surface area contributed by atoms with Gasteiger partial charge in [-0.05, 0) is 67.6 Å². The highest BCUT2D eigenvalue weighted by atomic mass is 16.5. The van der Waals surface area contributed by atoms with E-state index in [1.807, 2.05) is 6.92 Å². The Bertz CT molecular complexity index is 783. The lowest BCUT2D eigenvalue weighted by Crippen LogP contribution is -2.34. The van der Waals surface area contributed by atoms with Crippen molar-refractivity contribution in [3.63, 3.8) is 0 Å². The molecule has 1 aliphatic rings. The Hall–Kier alpha value is -2.75. The molecule has 28 heavy (non-hydrogen) atoms. The third kappa shape index (κ3) is 5.16. The van der Waals surface area contributed by atoms with Crippen LogP contribution in [-0.2, 0) is 0 Å². The molecular weight excluding hydrogens is 348 g/mol. The standard InChI is InChI=1S/C24H30N2O2/c1-4-16-28-23-13-9-21(10-14-23)24(27)25-19(3)20-7-11-22(12-8-20)26-15-5-6-18(2)17-26/h4,7-14,18-19H,1,5-6,15-17H2,2-3H3,(H,25,27)/t18-,19-/m1/s1. The van der Waals surface area contributed by atoms with Gasteiger partial charge in [-0.2, -0.15) is 0 Å². The van der Waals surface area contributed by atoms with E-state index < -0.39 is 0 Å². The average molecular weight is 379 g/mol. The summed E-state index contributed by atoms with van der Waals surface area (Å²) in [5.74, 6) is 1.39. The minimum atomic E-state index is -0.0864. The van der Waals surface area contributed by atoms with Crippen LogP contribution in [0.25, 0.3) is 0 Å². The average Bonchev–Trinajstić information content (AvgIpc) is 2.72. The molecule has 0 aromatic heterocycles. The molecule has 2 atom stereocenters. The predicted molar refractivity (Wildman–Crippen MR) is 115 cm³/mol. The van der Waals surface area contributed by atoms with E-state index in [0.717, 1.165) is 30.3 Å². The van der Waals surface area contributed by atoms with Gasteiger partial charge in [-0.1, -0.05) is 31.7 Å². The normalized spacial score (nSPS) is 17.6. The molecule has 0 bridgehead atoms. The molecule has 0 radical (unpaired) electrons. The van der Waals surface area contributed by atoms with Crippen LogP contribution in [0, 0.1) is 5.92 Å². The van der Waals surface area contributed by atoms with Crippen molar-refractivity contribution in [3.8, 4) is 5.75 Å². The number of benzene rings is 2. The van der Waals surface area contributed by atoms with Crippen LogP contribution in [-0.4, -0.2) is 25.6 Å². The number of hydrogen-bond donors (Lipinski definition) is 1. The monoisotopic (exact) mass is 378 g/mol. The Labute approximate surface area is 168 Å². The van der Waals surface area contributed by atoms with Gasteiger partial charge in [-0.15, -0.1) is 0 Å². The first-order valence-electron chi connectivity index (χ1n) is 10.1. The summed E-state index contributed by atoms with van der Waals surface area (Å²) in [5.41, 5.74) is 2.99. The fraction of sp³-hybridized carbons (Fsp3) is 0.375. The van der Waals surface area contributed by atoms with Gasteiger partial charge in [0.2, 0.25) is 0 Å². The first-order valence-corrected chi connectivity index (χ1v) is 10.1. The first kappa shape index (κ1) is 20.0. The molecule has 1 heterocycles. The summed E-state index contributed by atoms with van der Waals surface area (Å²) in [6.07, 6.45) is 4.27.